The van der Waals surface area contributed by atoms with Gasteiger partial charge in [0, 0.05) is 30.0 Å². The minimum atomic E-state index is 0.215. The standard InChI is InChI=1S/C15H25NO3S/c1-11(8-17)9-20-10-14(16-2)13-6-5-12(18-3)7-15(13)19-4/h5-7,11,14,16-17H,8-10H2,1-4H3. The van der Waals surface area contributed by atoms with Gasteiger partial charge in [0.25, 0.3) is 0 Å². The molecule has 1 aromatic carbocycles. The predicted molar refractivity (Wildman–Crippen MR) is 84.9 cm³/mol. The lowest BCUT2D eigenvalue weighted by Crippen LogP contribution is -2.20. The molecule has 1 rings (SSSR count). The van der Waals surface area contributed by atoms with Crippen LogP contribution in [0.2, 0.25) is 0 Å². The molecule has 1 aromatic rings. The third kappa shape index (κ3) is 4.89. The molecule has 0 spiro atoms. The summed E-state index contributed by atoms with van der Waals surface area (Å²) in [6.45, 7) is 2.29. The van der Waals surface area contributed by atoms with E-state index >= 15 is 0 Å². The van der Waals surface area contributed by atoms with E-state index in [0.29, 0.717) is 5.92 Å². The van der Waals surface area contributed by atoms with Gasteiger partial charge in [0.05, 0.1) is 14.2 Å². The highest BCUT2D eigenvalue weighted by Crippen LogP contribution is 2.31. The van der Waals surface area contributed by atoms with Crippen molar-refractivity contribution in [2.75, 3.05) is 39.4 Å². The Morgan fingerprint density at radius 1 is 1.25 bits per heavy atom. The van der Waals surface area contributed by atoms with E-state index in [9.17, 15) is 0 Å². The molecule has 0 aliphatic rings. The van der Waals surface area contributed by atoms with Crippen LogP contribution in [0.1, 0.15) is 18.5 Å². The van der Waals surface area contributed by atoms with Gasteiger partial charge in [-0.2, -0.15) is 11.8 Å². The van der Waals surface area contributed by atoms with Crippen LogP contribution in [0, 0.1) is 5.92 Å². The quantitative estimate of drug-likeness (QED) is 0.733. The van der Waals surface area contributed by atoms with E-state index in [1.165, 1.54) is 0 Å². The minimum absolute atomic E-state index is 0.215. The van der Waals surface area contributed by atoms with Gasteiger partial charge in [0.15, 0.2) is 0 Å². The van der Waals surface area contributed by atoms with Gasteiger partial charge in [-0.05, 0) is 24.8 Å². The van der Waals surface area contributed by atoms with Crippen LogP contribution in [0.4, 0.5) is 0 Å². The third-order valence-electron chi connectivity index (χ3n) is 3.16. The summed E-state index contributed by atoms with van der Waals surface area (Å²) in [6, 6.07) is 6.10. The summed E-state index contributed by atoms with van der Waals surface area (Å²) in [5, 5.41) is 12.4. The first-order chi connectivity index (χ1) is 9.65. The van der Waals surface area contributed by atoms with Gasteiger partial charge in [0.2, 0.25) is 0 Å². The van der Waals surface area contributed by atoms with E-state index in [1.54, 1.807) is 14.2 Å². The molecule has 0 saturated carbocycles. The Morgan fingerprint density at radius 2 is 2.00 bits per heavy atom. The molecule has 0 aliphatic heterocycles. The lowest BCUT2D eigenvalue weighted by atomic mass is 10.1. The number of thioether (sulfide) groups is 1. The molecule has 114 valence electrons. The van der Waals surface area contributed by atoms with Crippen molar-refractivity contribution in [3.63, 3.8) is 0 Å². The van der Waals surface area contributed by atoms with Crippen LogP contribution in [0.5, 0.6) is 11.5 Å². The van der Waals surface area contributed by atoms with E-state index in [0.717, 1.165) is 28.6 Å². The maximum absolute atomic E-state index is 9.05. The number of aliphatic hydroxyl groups is 1. The lowest BCUT2D eigenvalue weighted by molar-refractivity contribution is 0.250. The molecule has 2 atom stereocenters. The monoisotopic (exact) mass is 299 g/mol. The molecule has 0 heterocycles. The molecule has 4 nitrogen and oxygen atoms in total. The van der Waals surface area contributed by atoms with Crippen molar-refractivity contribution in [1.29, 1.82) is 0 Å². The molecule has 0 aromatic heterocycles. The van der Waals surface area contributed by atoms with Crippen molar-refractivity contribution in [2.45, 2.75) is 13.0 Å². The van der Waals surface area contributed by atoms with Crippen LogP contribution in [-0.4, -0.2) is 44.5 Å². The zero-order valence-electron chi connectivity index (χ0n) is 12.7. The number of hydrogen-bond donors (Lipinski definition) is 2. The highest BCUT2D eigenvalue weighted by Gasteiger charge is 2.15. The SMILES string of the molecule is CNC(CSCC(C)CO)c1ccc(OC)cc1OC. The molecule has 0 amide bonds. The summed E-state index contributed by atoms with van der Waals surface area (Å²) in [4.78, 5) is 0. The van der Waals surface area contributed by atoms with E-state index < -0.39 is 0 Å². The van der Waals surface area contributed by atoms with Crippen molar-refractivity contribution in [1.82, 2.24) is 5.32 Å². The first-order valence-electron chi connectivity index (χ1n) is 6.74. The molecule has 5 heteroatoms. The van der Waals surface area contributed by atoms with Crippen LogP contribution in [0.15, 0.2) is 18.2 Å². The molecule has 0 fully saturated rings. The number of aliphatic hydroxyl groups excluding tert-OH is 1. The first kappa shape index (κ1) is 17.1. The van der Waals surface area contributed by atoms with Crippen molar-refractivity contribution in [2.24, 2.45) is 5.92 Å². The molecular weight excluding hydrogens is 274 g/mol. The molecule has 0 aliphatic carbocycles. The molecule has 2 unspecified atom stereocenters. The van der Waals surface area contributed by atoms with E-state index in [-0.39, 0.29) is 12.6 Å². The number of ether oxygens (including phenoxy) is 2. The Balaban J connectivity index is 2.73. The Labute approximate surface area is 125 Å². The summed E-state index contributed by atoms with van der Waals surface area (Å²) >= 11 is 1.83. The van der Waals surface area contributed by atoms with Crippen LogP contribution < -0.4 is 14.8 Å². The Morgan fingerprint density at radius 3 is 2.55 bits per heavy atom. The fraction of sp³-hybridized carbons (Fsp3) is 0.600. The summed E-state index contributed by atoms with van der Waals surface area (Å²) in [7, 11) is 5.27. The Kier molecular flexibility index (Phi) is 7.80. The van der Waals surface area contributed by atoms with Gasteiger partial charge in [0.1, 0.15) is 11.5 Å². The smallest absolute Gasteiger partial charge is 0.127 e. The topological polar surface area (TPSA) is 50.7 Å². The molecule has 2 N–H and O–H groups in total. The number of rotatable bonds is 9. The molecule has 0 saturated heterocycles. The second kappa shape index (κ2) is 9.10. The largest absolute Gasteiger partial charge is 0.497 e. The van der Waals surface area contributed by atoms with Gasteiger partial charge in [-0.15, -0.1) is 0 Å². The predicted octanol–water partition coefficient (Wildman–Crippen LogP) is 2.33. The summed E-state index contributed by atoms with van der Waals surface area (Å²) in [5.74, 6) is 3.84. The lowest BCUT2D eigenvalue weighted by Gasteiger charge is -2.20. The highest BCUT2D eigenvalue weighted by molar-refractivity contribution is 7.99. The van der Waals surface area contributed by atoms with Crippen molar-refractivity contribution in [3.8, 4) is 11.5 Å². The summed E-state index contributed by atoms with van der Waals surface area (Å²) in [6.07, 6.45) is 0. The zero-order chi connectivity index (χ0) is 15.0. The van der Waals surface area contributed by atoms with E-state index in [1.807, 2.05) is 37.0 Å². The van der Waals surface area contributed by atoms with Crippen LogP contribution in [-0.2, 0) is 0 Å². The fourth-order valence-electron chi connectivity index (χ4n) is 1.87. The number of hydrogen-bond acceptors (Lipinski definition) is 5. The van der Waals surface area contributed by atoms with Crippen LogP contribution >= 0.6 is 11.8 Å². The maximum atomic E-state index is 9.05. The van der Waals surface area contributed by atoms with Gasteiger partial charge < -0.3 is 19.9 Å². The van der Waals surface area contributed by atoms with Crippen molar-refractivity contribution in [3.05, 3.63) is 23.8 Å². The Hall–Kier alpha value is -0.910. The third-order valence-corrected chi connectivity index (χ3v) is 4.54. The summed E-state index contributed by atoms with van der Waals surface area (Å²) in [5.41, 5.74) is 1.12. The number of methoxy groups -OCH3 is 2. The van der Waals surface area contributed by atoms with Gasteiger partial charge >= 0.3 is 0 Å². The molecular formula is C15H25NO3S. The van der Waals surface area contributed by atoms with E-state index in [4.69, 9.17) is 14.6 Å². The number of benzene rings is 1. The molecule has 0 radical (unpaired) electrons. The average Bonchev–Trinajstić information content (AvgIpc) is 2.50. The van der Waals surface area contributed by atoms with Crippen LogP contribution in [0.25, 0.3) is 0 Å². The number of nitrogens with one attached hydrogen (secondary N) is 1. The average molecular weight is 299 g/mol. The fourth-order valence-corrected chi connectivity index (χ4v) is 3.10. The van der Waals surface area contributed by atoms with Crippen molar-refractivity contribution >= 4 is 11.8 Å². The van der Waals surface area contributed by atoms with Gasteiger partial charge in [-0.3, -0.25) is 0 Å². The van der Waals surface area contributed by atoms with Crippen LogP contribution in [0.3, 0.4) is 0 Å². The molecule has 0 bridgehead atoms. The van der Waals surface area contributed by atoms with Crippen molar-refractivity contribution < 1.29 is 14.6 Å². The second-order valence-electron chi connectivity index (χ2n) is 4.77. The van der Waals surface area contributed by atoms with Gasteiger partial charge in [-0.25, -0.2) is 0 Å². The van der Waals surface area contributed by atoms with Gasteiger partial charge in [-0.1, -0.05) is 13.0 Å². The minimum Gasteiger partial charge on any atom is -0.497 e. The maximum Gasteiger partial charge on any atom is 0.127 e. The zero-order valence-corrected chi connectivity index (χ0v) is 13.5. The molecule has 20 heavy (non-hydrogen) atoms. The Bertz CT molecular complexity index is 401. The highest BCUT2D eigenvalue weighted by atomic mass is 32.2. The van der Waals surface area contributed by atoms with E-state index in [2.05, 4.69) is 12.2 Å². The first-order valence-corrected chi connectivity index (χ1v) is 7.89. The normalized spacial score (nSPS) is 13.8. The second-order valence-corrected chi connectivity index (χ2v) is 5.85. The summed E-state index contributed by atoms with van der Waals surface area (Å²) < 4.78 is 10.7.